The summed E-state index contributed by atoms with van der Waals surface area (Å²) in [5, 5.41) is 2.73. The molecule has 0 bridgehead atoms. The Morgan fingerprint density at radius 3 is 2.37 bits per heavy atom. The van der Waals surface area contributed by atoms with Crippen molar-refractivity contribution in [2.24, 2.45) is 0 Å². The average molecular weight is 426 g/mol. The van der Waals surface area contributed by atoms with Crippen LogP contribution < -0.4 is 10.9 Å². The average Bonchev–Trinajstić information content (AvgIpc) is 2.67. The summed E-state index contributed by atoms with van der Waals surface area (Å²) < 4.78 is 41.1. The van der Waals surface area contributed by atoms with Crippen molar-refractivity contribution in [1.82, 2.24) is 19.8 Å². The van der Waals surface area contributed by atoms with Crippen LogP contribution in [0.15, 0.2) is 16.9 Å². The molecule has 0 aliphatic rings. The second-order valence-corrected chi connectivity index (χ2v) is 7.41. The van der Waals surface area contributed by atoms with E-state index in [-0.39, 0.29) is 11.0 Å². The van der Waals surface area contributed by atoms with Gasteiger partial charge in [-0.05, 0) is 70.1 Å². The smallest absolute Gasteiger partial charge is 0.354 e. The van der Waals surface area contributed by atoms with Crippen LogP contribution in [-0.2, 0) is 11.0 Å². The molecule has 1 aromatic carbocycles. The molecule has 9 heteroatoms. The summed E-state index contributed by atoms with van der Waals surface area (Å²) in [5.74, 6) is -0.504. The highest BCUT2D eigenvalue weighted by atomic mass is 19.4. The van der Waals surface area contributed by atoms with Crippen molar-refractivity contribution < 1.29 is 18.0 Å². The monoisotopic (exact) mass is 426 g/mol. The first kappa shape index (κ1) is 23.9. The highest BCUT2D eigenvalue weighted by Crippen LogP contribution is 2.28. The van der Waals surface area contributed by atoms with Gasteiger partial charge in [0.2, 0.25) is 11.6 Å². The molecule has 0 fully saturated rings. The number of hydrogen-bond acceptors (Lipinski definition) is 4. The molecule has 0 spiro atoms. The number of alkyl halides is 3. The number of aryl methyl sites for hydroxylation is 2. The molecule has 30 heavy (non-hydrogen) atoms. The molecule has 0 saturated heterocycles. The van der Waals surface area contributed by atoms with Crippen LogP contribution in [0, 0.1) is 13.8 Å². The summed E-state index contributed by atoms with van der Waals surface area (Å²) in [7, 11) is 0. The molecular weight excluding hydrogens is 397 g/mol. The molecule has 6 nitrogen and oxygen atoms in total. The number of hydrogen-bond donors (Lipinski definition) is 1. The zero-order valence-electron chi connectivity index (χ0n) is 18.1. The van der Waals surface area contributed by atoms with E-state index in [0.717, 1.165) is 35.3 Å². The second kappa shape index (κ2) is 9.59. The number of aromatic nitrogens is 2. The fraction of sp³-hybridized carbons (Fsp3) is 0.571. The number of carbonyl (C=O) groups excluding carboxylic acids is 1. The van der Waals surface area contributed by atoms with Crippen LogP contribution in [0.4, 0.5) is 13.2 Å². The van der Waals surface area contributed by atoms with E-state index >= 15 is 0 Å². The van der Waals surface area contributed by atoms with Crippen molar-refractivity contribution >= 4 is 16.9 Å². The fourth-order valence-electron chi connectivity index (χ4n) is 3.35. The van der Waals surface area contributed by atoms with Gasteiger partial charge in [-0.1, -0.05) is 13.8 Å². The Morgan fingerprint density at radius 2 is 1.80 bits per heavy atom. The lowest BCUT2D eigenvalue weighted by Crippen LogP contribution is -2.39. The summed E-state index contributed by atoms with van der Waals surface area (Å²) >= 11 is 0. The number of nitrogens with one attached hydrogen (secondary N) is 1. The van der Waals surface area contributed by atoms with E-state index in [9.17, 15) is 22.8 Å². The summed E-state index contributed by atoms with van der Waals surface area (Å²) in [6.45, 7) is 12.1. The van der Waals surface area contributed by atoms with Gasteiger partial charge in [-0.2, -0.15) is 13.2 Å². The van der Waals surface area contributed by atoms with Crippen molar-refractivity contribution in [3.63, 3.8) is 0 Å². The van der Waals surface area contributed by atoms with Gasteiger partial charge >= 0.3 is 6.18 Å². The van der Waals surface area contributed by atoms with E-state index in [1.54, 1.807) is 19.9 Å². The number of halogens is 3. The quantitative estimate of drug-likeness (QED) is 0.657. The maximum Gasteiger partial charge on any atom is 0.438 e. The maximum atomic E-state index is 13.4. The normalized spacial score (nSPS) is 13.1. The third-order valence-corrected chi connectivity index (χ3v) is 5.38. The van der Waals surface area contributed by atoms with Gasteiger partial charge in [-0.15, -0.1) is 0 Å². The van der Waals surface area contributed by atoms with E-state index in [2.05, 4.69) is 15.2 Å². The zero-order chi connectivity index (χ0) is 22.6. The second-order valence-electron chi connectivity index (χ2n) is 7.41. The minimum absolute atomic E-state index is 0.0335. The van der Waals surface area contributed by atoms with Gasteiger partial charge in [0, 0.05) is 6.54 Å². The predicted molar refractivity (Wildman–Crippen MR) is 111 cm³/mol. The van der Waals surface area contributed by atoms with Gasteiger partial charge in [0.25, 0.3) is 5.56 Å². The highest BCUT2D eigenvalue weighted by molar-refractivity contribution is 5.84. The lowest BCUT2D eigenvalue weighted by atomic mass is 10.1. The standard InChI is InChI=1S/C21H29F3N4O2/c1-6-27(7-2)10-8-9-25-19(29)15(5)28-17-12-14(4)13(3)11-16(17)26-18(20(28)30)21(22,23)24/h11-12,15H,6-10H2,1-5H3,(H,25,29)/t15-/m1/s1. The lowest BCUT2D eigenvalue weighted by Gasteiger charge is -2.21. The number of carbonyl (C=O) groups is 1. The Hall–Kier alpha value is -2.42. The van der Waals surface area contributed by atoms with Crippen molar-refractivity contribution in [3.05, 3.63) is 39.3 Å². The van der Waals surface area contributed by atoms with Gasteiger partial charge in [-0.25, -0.2) is 4.98 Å². The summed E-state index contributed by atoms with van der Waals surface area (Å²) in [4.78, 5) is 31.1. The minimum atomic E-state index is -4.91. The number of rotatable bonds is 8. The third-order valence-electron chi connectivity index (χ3n) is 5.38. The van der Waals surface area contributed by atoms with Crippen LogP contribution in [0.25, 0.3) is 11.0 Å². The summed E-state index contributed by atoms with van der Waals surface area (Å²) in [5.41, 5.74) is -1.04. The van der Waals surface area contributed by atoms with Crippen molar-refractivity contribution in [2.75, 3.05) is 26.2 Å². The topological polar surface area (TPSA) is 67.2 Å². The van der Waals surface area contributed by atoms with E-state index in [1.807, 2.05) is 13.8 Å². The molecule has 0 saturated carbocycles. The van der Waals surface area contributed by atoms with Gasteiger partial charge in [0.05, 0.1) is 11.0 Å². The van der Waals surface area contributed by atoms with E-state index in [4.69, 9.17) is 0 Å². The molecule has 1 N–H and O–H groups in total. The number of amides is 1. The molecule has 2 aromatic rings. The van der Waals surface area contributed by atoms with Crippen molar-refractivity contribution in [1.29, 1.82) is 0 Å². The first-order chi connectivity index (χ1) is 14.0. The summed E-state index contributed by atoms with van der Waals surface area (Å²) in [6.07, 6.45) is -4.20. The Bertz CT molecular complexity index is 965. The van der Waals surface area contributed by atoms with Crippen LogP contribution in [0.1, 0.15) is 50.1 Å². The molecule has 1 atom stereocenters. The largest absolute Gasteiger partial charge is 0.438 e. The van der Waals surface area contributed by atoms with E-state index < -0.39 is 29.4 Å². The van der Waals surface area contributed by atoms with Crippen molar-refractivity contribution in [2.45, 2.75) is 53.3 Å². The zero-order valence-corrected chi connectivity index (χ0v) is 18.1. The number of benzene rings is 1. The van der Waals surface area contributed by atoms with Crippen LogP contribution in [0.5, 0.6) is 0 Å². The van der Waals surface area contributed by atoms with Crippen LogP contribution in [-0.4, -0.2) is 46.5 Å². The summed E-state index contributed by atoms with van der Waals surface area (Å²) in [6, 6.07) is 1.99. The van der Waals surface area contributed by atoms with Crippen LogP contribution in [0.3, 0.4) is 0 Å². The Morgan fingerprint density at radius 1 is 1.20 bits per heavy atom. The molecule has 0 aliphatic carbocycles. The van der Waals surface area contributed by atoms with Gasteiger partial charge in [-0.3, -0.25) is 14.2 Å². The molecule has 1 aromatic heterocycles. The molecule has 1 amide bonds. The Labute approximate surface area is 174 Å². The molecule has 0 aliphatic heterocycles. The number of nitrogens with zero attached hydrogens (tertiary/aromatic N) is 3. The minimum Gasteiger partial charge on any atom is -0.354 e. The third kappa shape index (κ3) is 5.19. The Kier molecular flexibility index (Phi) is 7.63. The molecule has 0 radical (unpaired) electrons. The first-order valence-corrected chi connectivity index (χ1v) is 10.1. The maximum absolute atomic E-state index is 13.4. The van der Waals surface area contributed by atoms with Crippen LogP contribution >= 0.6 is 0 Å². The van der Waals surface area contributed by atoms with E-state index in [0.29, 0.717) is 13.0 Å². The predicted octanol–water partition coefficient (Wildman–Crippen LogP) is 3.44. The first-order valence-electron chi connectivity index (χ1n) is 10.1. The van der Waals surface area contributed by atoms with Gasteiger partial charge in [0.1, 0.15) is 6.04 Å². The van der Waals surface area contributed by atoms with E-state index in [1.165, 1.54) is 13.0 Å². The lowest BCUT2D eigenvalue weighted by molar-refractivity contribution is -0.142. The fourth-order valence-corrected chi connectivity index (χ4v) is 3.35. The van der Waals surface area contributed by atoms with Gasteiger partial charge < -0.3 is 10.2 Å². The molecule has 166 valence electrons. The molecule has 2 rings (SSSR count). The number of fused-ring (bicyclic) bond motifs is 1. The van der Waals surface area contributed by atoms with Gasteiger partial charge in [0.15, 0.2) is 0 Å². The van der Waals surface area contributed by atoms with Crippen LogP contribution in [0.2, 0.25) is 0 Å². The highest BCUT2D eigenvalue weighted by Gasteiger charge is 2.38. The SMILES string of the molecule is CCN(CC)CCCNC(=O)[C@@H](C)n1c(=O)c(C(F)(F)F)nc2cc(C)c(C)cc21. The van der Waals surface area contributed by atoms with Crippen molar-refractivity contribution in [3.8, 4) is 0 Å². The molecule has 0 unspecified atom stereocenters. The Balaban J connectivity index is 2.38. The molecular formula is C21H29F3N4O2. The molecule has 1 heterocycles.